The average molecular weight is 422 g/mol. The molecule has 1 aromatic heterocycles. The number of aromatic nitrogens is 1. The molecular formula is C17H19ClF3N3O2S. The number of pyridine rings is 1. The van der Waals surface area contributed by atoms with Crippen LogP contribution in [-0.2, 0) is 16.2 Å². The molecule has 10 heteroatoms. The lowest BCUT2D eigenvalue weighted by molar-refractivity contribution is -0.137. The molecule has 2 aromatic rings. The zero-order valence-electron chi connectivity index (χ0n) is 14.4. The van der Waals surface area contributed by atoms with Crippen molar-refractivity contribution in [2.24, 2.45) is 0 Å². The lowest BCUT2D eigenvalue weighted by Gasteiger charge is -2.35. The van der Waals surface area contributed by atoms with Crippen LogP contribution in [0.15, 0.2) is 47.6 Å². The highest BCUT2D eigenvalue weighted by atomic mass is 35.5. The third-order valence-electron chi connectivity index (χ3n) is 4.37. The topological polar surface area (TPSA) is 62.3 Å². The van der Waals surface area contributed by atoms with Gasteiger partial charge in [-0.3, -0.25) is 4.98 Å². The minimum atomic E-state index is -4.61. The fraction of sp³-hybridized carbons (Fsp3) is 0.353. The largest absolute Gasteiger partial charge is 0.416 e. The van der Waals surface area contributed by atoms with Crippen LogP contribution in [0.5, 0.6) is 0 Å². The summed E-state index contributed by atoms with van der Waals surface area (Å²) in [5.41, 5.74) is -0.0101. The zero-order valence-corrected chi connectivity index (χ0v) is 16.0. The molecule has 1 unspecified atom stereocenters. The number of rotatable bonds is 3. The first-order valence-corrected chi connectivity index (χ1v) is 9.45. The van der Waals surface area contributed by atoms with Gasteiger partial charge in [0.25, 0.3) is 0 Å². The Morgan fingerprint density at radius 3 is 2.63 bits per heavy atom. The van der Waals surface area contributed by atoms with E-state index in [1.807, 2.05) is 0 Å². The molecule has 2 heterocycles. The van der Waals surface area contributed by atoms with Crippen LogP contribution in [0.2, 0.25) is 0 Å². The smallest absolute Gasteiger partial charge is 0.313 e. The normalized spacial score (nSPS) is 18.7. The SMILES string of the molecule is Cc1ccc(C(F)(F)F)cc1S(=O)(=O)N1CCNCC1c1cccnc1.Cl. The first-order chi connectivity index (χ1) is 12.2. The van der Waals surface area contributed by atoms with E-state index in [9.17, 15) is 21.6 Å². The number of nitrogens with zero attached hydrogens (tertiary/aromatic N) is 2. The number of aryl methyl sites for hydroxylation is 1. The molecule has 1 aromatic carbocycles. The number of nitrogens with one attached hydrogen (secondary N) is 1. The molecule has 0 radical (unpaired) electrons. The summed E-state index contributed by atoms with van der Waals surface area (Å²) < 4.78 is 66.8. The molecule has 0 amide bonds. The highest BCUT2D eigenvalue weighted by Crippen LogP contribution is 2.34. The van der Waals surface area contributed by atoms with Gasteiger partial charge in [-0.1, -0.05) is 12.1 Å². The maximum Gasteiger partial charge on any atom is 0.416 e. The molecule has 1 N–H and O–H groups in total. The molecule has 0 saturated carbocycles. The molecule has 1 atom stereocenters. The Balaban J connectivity index is 0.00000261. The molecule has 1 aliphatic heterocycles. The number of sulfonamides is 1. The molecule has 148 valence electrons. The van der Waals surface area contributed by atoms with E-state index in [1.165, 1.54) is 17.3 Å². The lowest BCUT2D eigenvalue weighted by atomic mass is 10.1. The van der Waals surface area contributed by atoms with E-state index in [-0.39, 0.29) is 29.4 Å². The second-order valence-corrected chi connectivity index (χ2v) is 7.96. The highest BCUT2D eigenvalue weighted by molar-refractivity contribution is 7.89. The minimum Gasteiger partial charge on any atom is -0.313 e. The molecule has 5 nitrogen and oxygen atoms in total. The first-order valence-electron chi connectivity index (χ1n) is 8.01. The highest BCUT2D eigenvalue weighted by Gasteiger charge is 2.37. The van der Waals surface area contributed by atoms with Gasteiger partial charge in [-0.15, -0.1) is 12.4 Å². The maximum atomic E-state index is 13.2. The van der Waals surface area contributed by atoms with Gasteiger partial charge < -0.3 is 5.32 Å². The summed E-state index contributed by atoms with van der Waals surface area (Å²) in [4.78, 5) is 3.70. The lowest BCUT2D eigenvalue weighted by Crippen LogP contribution is -2.48. The van der Waals surface area contributed by atoms with Crippen LogP contribution in [0, 0.1) is 6.92 Å². The minimum absolute atomic E-state index is 0. The van der Waals surface area contributed by atoms with Crippen LogP contribution in [0.25, 0.3) is 0 Å². The summed E-state index contributed by atoms with van der Waals surface area (Å²) in [5, 5.41) is 3.12. The van der Waals surface area contributed by atoms with Crippen LogP contribution < -0.4 is 5.32 Å². The van der Waals surface area contributed by atoms with E-state index in [4.69, 9.17) is 0 Å². The zero-order chi connectivity index (χ0) is 18.9. The van der Waals surface area contributed by atoms with E-state index in [1.54, 1.807) is 24.5 Å². The Hall–Kier alpha value is -1.68. The number of piperazine rings is 1. The molecule has 3 rings (SSSR count). The first kappa shape index (κ1) is 21.6. The van der Waals surface area contributed by atoms with Crippen LogP contribution in [0.3, 0.4) is 0 Å². The molecule has 1 aliphatic rings. The van der Waals surface area contributed by atoms with Gasteiger partial charge in [0.15, 0.2) is 0 Å². The van der Waals surface area contributed by atoms with Crippen molar-refractivity contribution in [1.29, 1.82) is 0 Å². The number of hydrogen-bond donors (Lipinski definition) is 1. The third-order valence-corrected chi connectivity index (χ3v) is 6.42. The van der Waals surface area contributed by atoms with Crippen molar-refractivity contribution >= 4 is 22.4 Å². The molecule has 0 spiro atoms. The molecule has 27 heavy (non-hydrogen) atoms. The van der Waals surface area contributed by atoms with Gasteiger partial charge in [-0.05, 0) is 36.2 Å². The third kappa shape index (κ3) is 4.43. The van der Waals surface area contributed by atoms with Gasteiger partial charge in [0.1, 0.15) is 0 Å². The van der Waals surface area contributed by atoms with Crippen molar-refractivity contribution in [3.8, 4) is 0 Å². The van der Waals surface area contributed by atoms with E-state index < -0.39 is 27.8 Å². The monoisotopic (exact) mass is 421 g/mol. The van der Waals surface area contributed by atoms with Crippen molar-refractivity contribution in [2.45, 2.75) is 24.0 Å². The Morgan fingerprint density at radius 2 is 2.00 bits per heavy atom. The molecular weight excluding hydrogens is 403 g/mol. The van der Waals surface area contributed by atoms with Crippen molar-refractivity contribution in [2.75, 3.05) is 19.6 Å². The van der Waals surface area contributed by atoms with Gasteiger partial charge in [-0.25, -0.2) is 8.42 Å². The van der Waals surface area contributed by atoms with Crippen molar-refractivity contribution in [1.82, 2.24) is 14.6 Å². The Kier molecular flexibility index (Phi) is 6.51. The van der Waals surface area contributed by atoms with Gasteiger partial charge in [-0.2, -0.15) is 17.5 Å². The van der Waals surface area contributed by atoms with Crippen LogP contribution in [-0.4, -0.2) is 37.3 Å². The van der Waals surface area contributed by atoms with Crippen LogP contribution in [0.4, 0.5) is 13.2 Å². The Bertz CT molecular complexity index is 892. The van der Waals surface area contributed by atoms with Crippen molar-refractivity contribution in [3.63, 3.8) is 0 Å². The van der Waals surface area contributed by atoms with Gasteiger partial charge in [0, 0.05) is 32.0 Å². The Morgan fingerprint density at radius 1 is 1.26 bits per heavy atom. The van der Waals surface area contributed by atoms with Crippen LogP contribution in [0.1, 0.15) is 22.7 Å². The quantitative estimate of drug-likeness (QED) is 0.827. The van der Waals surface area contributed by atoms with Crippen LogP contribution >= 0.6 is 12.4 Å². The average Bonchev–Trinajstić information content (AvgIpc) is 2.61. The fourth-order valence-electron chi connectivity index (χ4n) is 3.01. The summed E-state index contributed by atoms with van der Waals surface area (Å²) >= 11 is 0. The van der Waals surface area contributed by atoms with Gasteiger partial charge in [0.2, 0.25) is 10.0 Å². The standard InChI is InChI=1S/C17H18F3N3O2S.ClH/c1-12-4-5-14(17(18,19)20)9-16(12)26(24,25)23-8-7-22-11-15(23)13-3-2-6-21-10-13;/h2-6,9-10,15,22H,7-8,11H2,1H3;1H. The summed E-state index contributed by atoms with van der Waals surface area (Å²) in [5.74, 6) is 0. The molecule has 1 saturated heterocycles. The van der Waals surface area contributed by atoms with Crippen molar-refractivity contribution < 1.29 is 21.6 Å². The maximum absolute atomic E-state index is 13.2. The summed E-state index contributed by atoms with van der Waals surface area (Å²) in [6.45, 7) is 2.45. The summed E-state index contributed by atoms with van der Waals surface area (Å²) in [6.07, 6.45) is -1.46. The van der Waals surface area contributed by atoms with E-state index in [0.29, 0.717) is 24.7 Å². The number of hydrogen-bond acceptors (Lipinski definition) is 4. The predicted octanol–water partition coefficient (Wildman–Crippen LogP) is 3.17. The molecule has 1 fully saturated rings. The van der Waals surface area contributed by atoms with Crippen molar-refractivity contribution in [3.05, 3.63) is 59.4 Å². The Labute approximate surface area is 162 Å². The number of alkyl halides is 3. The molecule has 0 aliphatic carbocycles. The number of halogens is 4. The summed E-state index contributed by atoms with van der Waals surface area (Å²) in [7, 11) is -4.11. The predicted molar refractivity (Wildman–Crippen MR) is 97.2 cm³/mol. The summed E-state index contributed by atoms with van der Waals surface area (Å²) in [6, 6.07) is 5.72. The van der Waals surface area contributed by atoms with E-state index in [2.05, 4.69) is 10.3 Å². The van der Waals surface area contributed by atoms with E-state index in [0.717, 1.165) is 6.07 Å². The number of benzene rings is 1. The second-order valence-electron chi connectivity index (χ2n) is 6.10. The van der Waals surface area contributed by atoms with Gasteiger partial charge >= 0.3 is 6.18 Å². The van der Waals surface area contributed by atoms with Gasteiger partial charge in [0.05, 0.1) is 16.5 Å². The second kappa shape index (κ2) is 8.14. The fourth-order valence-corrected chi connectivity index (χ4v) is 4.88. The molecule has 0 bridgehead atoms. The van der Waals surface area contributed by atoms with E-state index >= 15 is 0 Å².